The number of anilines is 1. The highest BCUT2D eigenvalue weighted by atomic mass is 32.1. The van der Waals surface area contributed by atoms with Gasteiger partial charge in [-0.05, 0) is 44.2 Å². The summed E-state index contributed by atoms with van der Waals surface area (Å²) in [4.78, 5) is 35.7. The van der Waals surface area contributed by atoms with E-state index in [0.29, 0.717) is 16.6 Å². The Bertz CT molecular complexity index is 662. The molecule has 0 radical (unpaired) electrons. The molecule has 1 N–H and O–H groups in total. The Morgan fingerprint density at radius 1 is 1.17 bits per heavy atom. The number of aliphatic carboxylic acids is 1. The Balaban J connectivity index is 2.34. The van der Waals surface area contributed by atoms with Crippen molar-refractivity contribution in [1.29, 1.82) is 0 Å². The van der Waals surface area contributed by atoms with Crippen molar-refractivity contribution in [2.24, 2.45) is 0 Å². The number of ether oxygens (including phenoxy) is 1. The van der Waals surface area contributed by atoms with Gasteiger partial charge in [-0.2, -0.15) is 0 Å². The average Bonchev–Trinajstić information content (AvgIpc) is 2.82. The number of carbonyl (C=O) groups excluding carboxylic acids is 3. The van der Waals surface area contributed by atoms with Crippen LogP contribution in [0.1, 0.15) is 53.4 Å². The van der Waals surface area contributed by atoms with E-state index < -0.39 is 17.8 Å². The van der Waals surface area contributed by atoms with Crippen molar-refractivity contribution >= 4 is 34.2 Å². The van der Waals surface area contributed by atoms with Gasteiger partial charge in [0.25, 0.3) is 0 Å². The first-order chi connectivity index (χ1) is 11.5. The van der Waals surface area contributed by atoms with Crippen LogP contribution in [0.5, 0.6) is 0 Å². The minimum absolute atomic E-state index is 0.251. The van der Waals surface area contributed by atoms with Crippen molar-refractivity contribution in [1.82, 2.24) is 0 Å². The Hall–Kier alpha value is -2.15. The summed E-state index contributed by atoms with van der Waals surface area (Å²) in [6.07, 6.45) is 7.50. The molecule has 0 aromatic carbocycles. The van der Waals surface area contributed by atoms with Crippen LogP contribution in [0.2, 0.25) is 0 Å². The van der Waals surface area contributed by atoms with Crippen LogP contribution in [0, 0.1) is 0 Å². The second kappa shape index (κ2) is 8.63. The van der Waals surface area contributed by atoms with Crippen LogP contribution in [-0.4, -0.2) is 24.5 Å². The summed E-state index contributed by atoms with van der Waals surface area (Å²) in [7, 11) is 0. The maximum Gasteiger partial charge on any atom is 0.341 e. The molecule has 6 nitrogen and oxygen atoms in total. The molecule has 1 aromatic rings. The van der Waals surface area contributed by atoms with Gasteiger partial charge in [-0.1, -0.05) is 12.8 Å². The quantitative estimate of drug-likeness (QED) is 0.646. The molecule has 1 aliphatic carbocycles. The molecule has 0 saturated heterocycles. The van der Waals surface area contributed by atoms with Crippen LogP contribution in [0.25, 0.3) is 0 Å². The number of carboxylic acid groups (broad SMARTS) is 1. The number of aryl methyl sites for hydroxylation is 1. The van der Waals surface area contributed by atoms with Crippen molar-refractivity contribution in [3.05, 3.63) is 28.2 Å². The van der Waals surface area contributed by atoms with E-state index in [9.17, 15) is 19.5 Å². The number of amides is 1. The van der Waals surface area contributed by atoms with Crippen molar-refractivity contribution in [3.63, 3.8) is 0 Å². The lowest BCUT2D eigenvalue weighted by Gasteiger charge is -2.11. The van der Waals surface area contributed by atoms with Crippen LogP contribution < -0.4 is 10.4 Å². The first-order valence-corrected chi connectivity index (χ1v) is 8.86. The third kappa shape index (κ3) is 4.67. The summed E-state index contributed by atoms with van der Waals surface area (Å²) in [6.45, 7) is 1.98. The SMILES string of the molecule is CCOC(=O)c1c(NC(=O)/C=C/C(=O)[O-])sc2c1CCCCCC2. The van der Waals surface area contributed by atoms with Gasteiger partial charge in [-0.25, -0.2) is 4.79 Å². The van der Waals surface area contributed by atoms with Crippen LogP contribution in [0.15, 0.2) is 12.2 Å². The van der Waals surface area contributed by atoms with Gasteiger partial charge < -0.3 is 20.0 Å². The van der Waals surface area contributed by atoms with Crippen LogP contribution in [0.4, 0.5) is 5.00 Å². The third-order valence-electron chi connectivity index (χ3n) is 3.76. The number of thiophene rings is 1. The lowest BCUT2D eigenvalue weighted by atomic mass is 9.96. The van der Waals surface area contributed by atoms with Gasteiger partial charge >= 0.3 is 5.97 Å². The molecule has 0 atom stereocenters. The summed E-state index contributed by atoms with van der Waals surface area (Å²) in [5, 5.41) is 13.4. The Labute approximate surface area is 144 Å². The molecule has 1 amide bonds. The summed E-state index contributed by atoms with van der Waals surface area (Å²) in [6, 6.07) is 0. The van der Waals surface area contributed by atoms with E-state index in [1.54, 1.807) is 6.92 Å². The monoisotopic (exact) mass is 350 g/mol. The Kier molecular flexibility index (Phi) is 6.54. The lowest BCUT2D eigenvalue weighted by Crippen LogP contribution is -2.20. The summed E-state index contributed by atoms with van der Waals surface area (Å²) in [5.74, 6) is -2.51. The zero-order chi connectivity index (χ0) is 17.5. The molecule has 1 heterocycles. The van der Waals surface area contributed by atoms with Gasteiger partial charge in [0.05, 0.1) is 18.1 Å². The van der Waals surface area contributed by atoms with Crippen molar-refractivity contribution in [3.8, 4) is 0 Å². The second-order valence-electron chi connectivity index (χ2n) is 5.48. The van der Waals surface area contributed by atoms with E-state index in [1.807, 2.05) is 0 Å². The van der Waals surface area contributed by atoms with Crippen LogP contribution in [-0.2, 0) is 27.2 Å². The molecule has 2 rings (SSSR count). The summed E-state index contributed by atoms with van der Waals surface area (Å²) in [5.41, 5.74) is 1.37. The topological polar surface area (TPSA) is 95.5 Å². The lowest BCUT2D eigenvalue weighted by molar-refractivity contribution is -0.297. The Morgan fingerprint density at radius 2 is 1.88 bits per heavy atom. The van der Waals surface area contributed by atoms with E-state index in [2.05, 4.69) is 5.32 Å². The van der Waals surface area contributed by atoms with E-state index in [-0.39, 0.29) is 6.61 Å². The predicted octanol–water partition coefficient (Wildman–Crippen LogP) is 1.83. The summed E-state index contributed by atoms with van der Waals surface area (Å²) >= 11 is 1.37. The van der Waals surface area contributed by atoms with Crippen LogP contribution in [0.3, 0.4) is 0 Å². The number of rotatable bonds is 5. The van der Waals surface area contributed by atoms with Crippen molar-refractivity contribution in [2.45, 2.75) is 45.4 Å². The maximum absolute atomic E-state index is 12.4. The standard InChI is InChI=1S/C17H21NO5S/c1-2-23-17(22)15-11-7-5-3-4-6-8-12(11)24-16(15)18-13(19)9-10-14(20)21/h9-10H,2-8H2,1H3,(H,18,19)(H,20,21)/p-1/b10-9+. The van der Waals surface area contributed by atoms with Crippen LogP contribution >= 0.6 is 11.3 Å². The number of carbonyl (C=O) groups is 3. The molecule has 1 aromatic heterocycles. The molecule has 0 fully saturated rings. The molecule has 0 bridgehead atoms. The normalized spacial score (nSPS) is 14.5. The molecule has 0 aliphatic heterocycles. The highest BCUT2D eigenvalue weighted by Crippen LogP contribution is 2.37. The average molecular weight is 350 g/mol. The van der Waals surface area contributed by atoms with E-state index >= 15 is 0 Å². The van der Waals surface area contributed by atoms with Crippen molar-refractivity contribution in [2.75, 3.05) is 11.9 Å². The molecular formula is C17H20NO5S-. The molecule has 0 spiro atoms. The molecule has 7 heteroatoms. The number of nitrogens with one attached hydrogen (secondary N) is 1. The number of hydrogen-bond donors (Lipinski definition) is 1. The first kappa shape index (κ1) is 18.2. The first-order valence-electron chi connectivity index (χ1n) is 8.04. The zero-order valence-electron chi connectivity index (χ0n) is 13.6. The highest BCUT2D eigenvalue weighted by Gasteiger charge is 2.25. The fourth-order valence-electron chi connectivity index (χ4n) is 2.72. The van der Waals surface area contributed by atoms with Gasteiger partial charge in [0.15, 0.2) is 0 Å². The highest BCUT2D eigenvalue weighted by molar-refractivity contribution is 7.17. The van der Waals surface area contributed by atoms with E-state index in [4.69, 9.17) is 4.74 Å². The molecule has 0 saturated carbocycles. The summed E-state index contributed by atoms with van der Waals surface area (Å²) < 4.78 is 5.14. The van der Waals surface area contributed by atoms with Gasteiger partial charge in [0, 0.05) is 11.0 Å². The van der Waals surface area contributed by atoms with Gasteiger partial charge in [-0.3, -0.25) is 4.79 Å². The smallest absolute Gasteiger partial charge is 0.341 e. The van der Waals surface area contributed by atoms with Gasteiger partial charge in [0.1, 0.15) is 5.00 Å². The maximum atomic E-state index is 12.4. The number of hydrogen-bond acceptors (Lipinski definition) is 6. The van der Waals surface area contributed by atoms with Gasteiger partial charge in [-0.15, -0.1) is 11.3 Å². The molecule has 1 aliphatic rings. The number of esters is 1. The fourth-order valence-corrected chi connectivity index (χ4v) is 4.00. The number of carboxylic acids is 1. The third-order valence-corrected chi connectivity index (χ3v) is 4.97. The second-order valence-corrected chi connectivity index (χ2v) is 6.59. The molecule has 24 heavy (non-hydrogen) atoms. The minimum Gasteiger partial charge on any atom is -0.545 e. The fraction of sp³-hybridized carbons (Fsp3) is 0.471. The molecule has 0 unspecified atom stereocenters. The van der Waals surface area contributed by atoms with Gasteiger partial charge in [0.2, 0.25) is 5.91 Å². The predicted molar refractivity (Wildman–Crippen MR) is 88.9 cm³/mol. The van der Waals surface area contributed by atoms with Crippen molar-refractivity contribution < 1.29 is 24.2 Å². The minimum atomic E-state index is -1.45. The molecular weight excluding hydrogens is 330 g/mol. The largest absolute Gasteiger partial charge is 0.545 e. The van der Waals surface area contributed by atoms with E-state index in [0.717, 1.165) is 55.0 Å². The molecule has 130 valence electrons. The zero-order valence-corrected chi connectivity index (χ0v) is 14.4. The Morgan fingerprint density at radius 3 is 2.54 bits per heavy atom. The number of fused-ring (bicyclic) bond motifs is 1. The van der Waals surface area contributed by atoms with E-state index in [1.165, 1.54) is 11.3 Å².